The number of hydrogen-bond donors (Lipinski definition) is 1. The van der Waals surface area contributed by atoms with Crippen molar-refractivity contribution < 1.29 is 13.2 Å². The number of nitrogens with zero attached hydrogens (tertiary/aromatic N) is 2. The largest absolute Gasteiger partial charge is 0.404 e. The van der Waals surface area contributed by atoms with E-state index in [1.54, 1.807) is 0 Å². The van der Waals surface area contributed by atoms with Crippen molar-refractivity contribution in [3.63, 3.8) is 0 Å². The Bertz CT molecular complexity index is 253. The molecule has 102 valence electrons. The van der Waals surface area contributed by atoms with E-state index in [2.05, 4.69) is 4.90 Å². The second-order valence-electron chi connectivity index (χ2n) is 5.34. The van der Waals surface area contributed by atoms with Crippen molar-refractivity contribution in [2.75, 3.05) is 33.2 Å². The van der Waals surface area contributed by atoms with Gasteiger partial charge in [0.15, 0.2) is 0 Å². The van der Waals surface area contributed by atoms with E-state index < -0.39 is 12.2 Å². The van der Waals surface area contributed by atoms with Gasteiger partial charge < -0.3 is 5.73 Å². The van der Waals surface area contributed by atoms with Crippen LogP contribution in [-0.2, 0) is 0 Å². The zero-order valence-electron chi connectivity index (χ0n) is 10.7. The van der Waals surface area contributed by atoms with Crippen molar-refractivity contribution in [2.24, 2.45) is 5.73 Å². The minimum atomic E-state index is -4.19. The number of alkyl halides is 3. The Labute approximate surface area is 101 Å². The van der Waals surface area contributed by atoms with Crippen LogP contribution >= 0.6 is 0 Å². The number of nitrogens with two attached hydrogens (primary N) is 1. The van der Waals surface area contributed by atoms with Crippen LogP contribution in [0.3, 0.4) is 0 Å². The summed E-state index contributed by atoms with van der Waals surface area (Å²) in [5, 5.41) is 0. The minimum Gasteiger partial charge on any atom is -0.330 e. The first-order valence-electron chi connectivity index (χ1n) is 5.90. The van der Waals surface area contributed by atoms with Gasteiger partial charge in [-0.1, -0.05) is 0 Å². The summed E-state index contributed by atoms with van der Waals surface area (Å²) >= 11 is 0. The molecule has 0 radical (unpaired) electrons. The predicted octanol–water partition coefficient (Wildman–Crippen LogP) is 1.29. The molecule has 1 saturated heterocycles. The average Bonchev–Trinajstić information content (AvgIpc) is 2.17. The van der Waals surface area contributed by atoms with Crippen LogP contribution in [0.5, 0.6) is 0 Å². The fourth-order valence-electron chi connectivity index (χ4n) is 2.26. The number of halogens is 3. The van der Waals surface area contributed by atoms with Gasteiger partial charge in [-0.05, 0) is 33.9 Å². The molecule has 1 heterocycles. The van der Waals surface area contributed by atoms with Crippen LogP contribution in [0.2, 0.25) is 0 Å². The van der Waals surface area contributed by atoms with E-state index in [1.165, 1.54) is 4.90 Å². The molecule has 0 spiro atoms. The van der Waals surface area contributed by atoms with Crippen molar-refractivity contribution in [3.05, 3.63) is 0 Å². The Balaban J connectivity index is 2.76. The molecule has 0 aromatic rings. The Morgan fingerprint density at radius 2 is 1.88 bits per heavy atom. The van der Waals surface area contributed by atoms with E-state index in [0.29, 0.717) is 19.6 Å². The highest BCUT2D eigenvalue weighted by Crippen LogP contribution is 2.30. The first kappa shape index (κ1) is 14.7. The third-order valence-electron chi connectivity index (χ3n) is 3.60. The number of likely N-dealkylation sites (N-methyl/N-ethyl adjacent to an activating group) is 1. The predicted molar refractivity (Wildman–Crippen MR) is 61.8 cm³/mol. The smallest absolute Gasteiger partial charge is 0.330 e. The van der Waals surface area contributed by atoms with Crippen molar-refractivity contribution in [1.29, 1.82) is 0 Å². The molecule has 1 aliphatic heterocycles. The lowest BCUT2D eigenvalue weighted by Crippen LogP contribution is -2.62. The molecule has 3 nitrogen and oxygen atoms in total. The SMILES string of the molecule is CN1CCN(C(CCN)C(F)(F)F)CC1(C)C. The highest BCUT2D eigenvalue weighted by molar-refractivity contribution is 4.92. The summed E-state index contributed by atoms with van der Waals surface area (Å²) in [7, 11) is 1.95. The van der Waals surface area contributed by atoms with Gasteiger partial charge in [0.1, 0.15) is 6.04 Å². The molecule has 0 aromatic carbocycles. The summed E-state index contributed by atoms with van der Waals surface area (Å²) in [5.41, 5.74) is 5.06. The van der Waals surface area contributed by atoms with Crippen LogP contribution < -0.4 is 5.73 Å². The minimum absolute atomic E-state index is 0.0245. The Kier molecular flexibility index (Phi) is 4.43. The van der Waals surface area contributed by atoms with Gasteiger partial charge in [-0.15, -0.1) is 0 Å². The number of hydrogen-bond acceptors (Lipinski definition) is 3. The van der Waals surface area contributed by atoms with E-state index in [1.807, 2.05) is 20.9 Å². The molecule has 6 heteroatoms. The summed E-state index contributed by atoms with van der Waals surface area (Å²) in [6.07, 6.45) is -4.21. The van der Waals surface area contributed by atoms with Crippen LogP contribution in [-0.4, -0.2) is 60.8 Å². The lowest BCUT2D eigenvalue weighted by Gasteiger charge is -2.48. The van der Waals surface area contributed by atoms with Crippen LogP contribution in [0.15, 0.2) is 0 Å². The monoisotopic (exact) mass is 253 g/mol. The quantitative estimate of drug-likeness (QED) is 0.822. The topological polar surface area (TPSA) is 32.5 Å². The molecule has 1 aliphatic rings. The van der Waals surface area contributed by atoms with Gasteiger partial charge in [0.05, 0.1) is 0 Å². The molecular formula is C11H22F3N3. The van der Waals surface area contributed by atoms with Gasteiger partial charge in [0, 0.05) is 25.2 Å². The maximum atomic E-state index is 12.9. The molecule has 1 atom stereocenters. The van der Waals surface area contributed by atoms with Gasteiger partial charge in [-0.3, -0.25) is 9.80 Å². The van der Waals surface area contributed by atoms with Gasteiger partial charge in [-0.25, -0.2) is 0 Å². The third-order valence-corrected chi connectivity index (χ3v) is 3.60. The molecule has 2 N–H and O–H groups in total. The van der Waals surface area contributed by atoms with E-state index in [4.69, 9.17) is 5.73 Å². The zero-order valence-corrected chi connectivity index (χ0v) is 10.7. The summed E-state index contributed by atoms with van der Waals surface area (Å²) in [4.78, 5) is 3.62. The standard InChI is InChI=1S/C11H22F3N3/c1-10(2)8-17(7-6-16(10)3)9(4-5-15)11(12,13)14/h9H,4-8,15H2,1-3H3. The maximum absolute atomic E-state index is 12.9. The lowest BCUT2D eigenvalue weighted by atomic mass is 9.97. The van der Waals surface area contributed by atoms with Crippen molar-refractivity contribution in [3.8, 4) is 0 Å². The fraction of sp³-hybridized carbons (Fsp3) is 1.00. The van der Waals surface area contributed by atoms with Gasteiger partial charge in [0.2, 0.25) is 0 Å². The molecule has 1 fully saturated rings. The first-order valence-corrected chi connectivity index (χ1v) is 5.90. The molecular weight excluding hydrogens is 231 g/mol. The Morgan fingerprint density at radius 1 is 1.29 bits per heavy atom. The average molecular weight is 253 g/mol. The van der Waals surface area contributed by atoms with Crippen molar-refractivity contribution in [2.45, 2.75) is 38.0 Å². The van der Waals surface area contributed by atoms with E-state index in [9.17, 15) is 13.2 Å². The maximum Gasteiger partial charge on any atom is 0.404 e. The molecule has 0 aliphatic carbocycles. The second kappa shape index (κ2) is 5.12. The molecule has 0 aromatic heterocycles. The van der Waals surface area contributed by atoms with Crippen molar-refractivity contribution >= 4 is 0 Å². The van der Waals surface area contributed by atoms with Crippen LogP contribution in [0, 0.1) is 0 Å². The molecule has 1 unspecified atom stereocenters. The van der Waals surface area contributed by atoms with E-state index in [-0.39, 0.29) is 18.5 Å². The summed E-state index contributed by atoms with van der Waals surface area (Å²) in [5.74, 6) is 0. The molecule has 0 bridgehead atoms. The Hall–Kier alpha value is -0.330. The zero-order chi connectivity index (χ0) is 13.3. The summed E-state index contributed by atoms with van der Waals surface area (Å²) < 4.78 is 38.8. The molecule has 1 rings (SSSR count). The third kappa shape index (κ3) is 3.56. The second-order valence-corrected chi connectivity index (χ2v) is 5.34. The summed E-state index contributed by atoms with van der Waals surface area (Å²) in [6.45, 7) is 5.53. The number of piperazine rings is 1. The van der Waals surface area contributed by atoms with E-state index >= 15 is 0 Å². The van der Waals surface area contributed by atoms with Crippen LogP contribution in [0.4, 0.5) is 13.2 Å². The van der Waals surface area contributed by atoms with Gasteiger partial charge in [0.25, 0.3) is 0 Å². The highest BCUT2D eigenvalue weighted by atomic mass is 19.4. The van der Waals surface area contributed by atoms with Gasteiger partial charge >= 0.3 is 6.18 Å². The molecule has 0 amide bonds. The Morgan fingerprint density at radius 3 is 2.29 bits per heavy atom. The van der Waals surface area contributed by atoms with Crippen molar-refractivity contribution in [1.82, 2.24) is 9.80 Å². The first-order chi connectivity index (χ1) is 7.68. The van der Waals surface area contributed by atoms with Crippen LogP contribution in [0.1, 0.15) is 20.3 Å². The summed E-state index contributed by atoms with van der Waals surface area (Å²) in [6, 6.07) is -1.40. The normalized spacial score (nSPS) is 24.9. The molecule has 0 saturated carbocycles. The van der Waals surface area contributed by atoms with Crippen LogP contribution in [0.25, 0.3) is 0 Å². The fourth-order valence-corrected chi connectivity index (χ4v) is 2.26. The highest BCUT2D eigenvalue weighted by Gasteiger charge is 2.46. The lowest BCUT2D eigenvalue weighted by molar-refractivity contribution is -0.194. The molecule has 17 heavy (non-hydrogen) atoms. The van der Waals surface area contributed by atoms with E-state index in [0.717, 1.165) is 0 Å². The van der Waals surface area contributed by atoms with Gasteiger partial charge in [-0.2, -0.15) is 13.2 Å². The number of rotatable bonds is 3.